The first-order valence-electron chi connectivity index (χ1n) is 8.47. The molecule has 1 atom stereocenters. The number of pyridine rings is 1. The molecule has 1 fully saturated rings. The minimum absolute atomic E-state index is 0.0989. The zero-order valence-corrected chi connectivity index (χ0v) is 15.7. The maximum absolute atomic E-state index is 13.0. The minimum atomic E-state index is -3.71. The highest BCUT2D eigenvalue weighted by Crippen LogP contribution is 2.29. The predicted molar refractivity (Wildman–Crippen MR) is 98.2 cm³/mol. The standard InChI is InChI=1S/C18H21N3O5S/c1-25-16-6-2-3-7-17(16)27(23,24)21-10-4-5-14(12-21)26-13-8-9-20-15(11-13)18(19)22/h2-3,6-9,11,14H,4-5,10,12H2,1H3,(H2,19,22). The summed E-state index contributed by atoms with van der Waals surface area (Å²) < 4.78 is 38.5. The number of carbonyl (C=O) groups excluding carboxylic acids is 1. The number of aromatic nitrogens is 1. The molecule has 0 bridgehead atoms. The molecule has 3 rings (SSSR count). The average Bonchev–Trinajstić information content (AvgIpc) is 2.68. The molecule has 2 aromatic rings. The lowest BCUT2D eigenvalue weighted by molar-refractivity contribution is 0.0993. The normalized spacial score (nSPS) is 18.0. The number of primary amides is 1. The molecular formula is C18H21N3O5S. The Morgan fingerprint density at radius 2 is 2.07 bits per heavy atom. The van der Waals surface area contributed by atoms with Gasteiger partial charge in [-0.2, -0.15) is 4.31 Å². The van der Waals surface area contributed by atoms with Crippen molar-refractivity contribution >= 4 is 15.9 Å². The van der Waals surface area contributed by atoms with Crippen molar-refractivity contribution in [2.24, 2.45) is 5.73 Å². The van der Waals surface area contributed by atoms with Crippen LogP contribution in [-0.2, 0) is 10.0 Å². The third kappa shape index (κ3) is 4.20. The molecule has 1 aliphatic heterocycles. The summed E-state index contributed by atoms with van der Waals surface area (Å²) in [5.74, 6) is 0.0885. The van der Waals surface area contributed by atoms with Crippen molar-refractivity contribution in [2.75, 3.05) is 20.2 Å². The third-order valence-corrected chi connectivity index (χ3v) is 6.22. The lowest BCUT2D eigenvalue weighted by atomic mass is 10.1. The molecule has 9 heteroatoms. The van der Waals surface area contributed by atoms with Crippen molar-refractivity contribution in [3.05, 3.63) is 48.3 Å². The van der Waals surface area contributed by atoms with Gasteiger partial charge in [-0.1, -0.05) is 12.1 Å². The Morgan fingerprint density at radius 3 is 2.81 bits per heavy atom. The van der Waals surface area contributed by atoms with Gasteiger partial charge in [0, 0.05) is 18.8 Å². The molecule has 1 amide bonds. The number of nitrogens with two attached hydrogens (primary N) is 1. The molecule has 0 aliphatic carbocycles. The van der Waals surface area contributed by atoms with Gasteiger partial charge < -0.3 is 15.2 Å². The number of carbonyl (C=O) groups is 1. The first kappa shape index (κ1) is 19.1. The van der Waals surface area contributed by atoms with Gasteiger partial charge in [0.2, 0.25) is 10.0 Å². The van der Waals surface area contributed by atoms with Gasteiger partial charge in [0.25, 0.3) is 5.91 Å². The van der Waals surface area contributed by atoms with Crippen molar-refractivity contribution in [1.82, 2.24) is 9.29 Å². The Bertz CT molecular complexity index is 932. The van der Waals surface area contributed by atoms with Crippen LogP contribution in [0.5, 0.6) is 11.5 Å². The van der Waals surface area contributed by atoms with E-state index in [2.05, 4.69) is 4.98 Å². The van der Waals surface area contributed by atoms with E-state index in [4.69, 9.17) is 15.2 Å². The molecule has 1 aromatic heterocycles. The van der Waals surface area contributed by atoms with Gasteiger partial charge in [0.05, 0.1) is 13.7 Å². The van der Waals surface area contributed by atoms with E-state index >= 15 is 0 Å². The number of benzene rings is 1. The van der Waals surface area contributed by atoms with Crippen LogP contribution >= 0.6 is 0 Å². The number of nitrogens with zero attached hydrogens (tertiary/aromatic N) is 2. The fourth-order valence-corrected chi connectivity index (χ4v) is 4.67. The minimum Gasteiger partial charge on any atom is -0.495 e. The monoisotopic (exact) mass is 391 g/mol. The predicted octanol–water partition coefficient (Wildman–Crippen LogP) is 1.42. The van der Waals surface area contributed by atoms with Gasteiger partial charge in [-0.15, -0.1) is 0 Å². The summed E-state index contributed by atoms with van der Waals surface area (Å²) in [6.45, 7) is 0.609. The number of rotatable bonds is 6. The van der Waals surface area contributed by atoms with Crippen LogP contribution in [0.15, 0.2) is 47.5 Å². The number of amides is 1. The van der Waals surface area contributed by atoms with Crippen molar-refractivity contribution < 1.29 is 22.7 Å². The SMILES string of the molecule is COc1ccccc1S(=O)(=O)N1CCCC(Oc2ccnc(C(N)=O)c2)C1. The number of methoxy groups -OCH3 is 1. The lowest BCUT2D eigenvalue weighted by Crippen LogP contribution is -2.44. The number of hydrogen-bond acceptors (Lipinski definition) is 6. The van der Waals surface area contributed by atoms with E-state index in [1.165, 1.54) is 29.7 Å². The molecule has 1 unspecified atom stereocenters. The van der Waals surface area contributed by atoms with Crippen LogP contribution in [0.4, 0.5) is 0 Å². The van der Waals surface area contributed by atoms with E-state index in [0.717, 1.165) is 0 Å². The van der Waals surface area contributed by atoms with E-state index in [0.29, 0.717) is 30.9 Å². The summed E-state index contributed by atoms with van der Waals surface area (Å²) >= 11 is 0. The van der Waals surface area contributed by atoms with Gasteiger partial charge in [-0.25, -0.2) is 8.42 Å². The first-order valence-corrected chi connectivity index (χ1v) is 9.91. The average molecular weight is 391 g/mol. The van der Waals surface area contributed by atoms with Crippen LogP contribution in [0.3, 0.4) is 0 Å². The molecule has 0 saturated carbocycles. The van der Waals surface area contributed by atoms with Crippen LogP contribution in [0.1, 0.15) is 23.3 Å². The molecule has 0 spiro atoms. The maximum atomic E-state index is 13.0. The second kappa shape index (κ2) is 7.93. The van der Waals surface area contributed by atoms with E-state index in [1.54, 1.807) is 24.3 Å². The van der Waals surface area contributed by atoms with E-state index in [-0.39, 0.29) is 23.2 Å². The van der Waals surface area contributed by atoms with Crippen molar-refractivity contribution in [3.8, 4) is 11.5 Å². The summed E-state index contributed by atoms with van der Waals surface area (Å²) in [5, 5.41) is 0. The smallest absolute Gasteiger partial charge is 0.267 e. The largest absolute Gasteiger partial charge is 0.495 e. The molecule has 8 nitrogen and oxygen atoms in total. The fourth-order valence-electron chi connectivity index (χ4n) is 3.00. The van der Waals surface area contributed by atoms with E-state index < -0.39 is 15.9 Å². The summed E-state index contributed by atoms with van der Waals surface area (Å²) in [4.78, 5) is 15.3. The van der Waals surface area contributed by atoms with Crippen LogP contribution in [0.2, 0.25) is 0 Å². The maximum Gasteiger partial charge on any atom is 0.267 e. The third-order valence-electron chi connectivity index (χ3n) is 4.31. The van der Waals surface area contributed by atoms with Crippen LogP contribution < -0.4 is 15.2 Å². The number of piperidine rings is 1. The summed E-state index contributed by atoms with van der Waals surface area (Å²) in [5.41, 5.74) is 5.33. The van der Waals surface area contributed by atoms with Crippen LogP contribution in [0, 0.1) is 0 Å². The first-order chi connectivity index (χ1) is 12.9. The Kier molecular flexibility index (Phi) is 5.62. The topological polar surface area (TPSA) is 112 Å². The quantitative estimate of drug-likeness (QED) is 0.797. The highest BCUT2D eigenvalue weighted by Gasteiger charge is 2.33. The van der Waals surface area contributed by atoms with Crippen molar-refractivity contribution in [2.45, 2.75) is 23.8 Å². The van der Waals surface area contributed by atoms with Gasteiger partial charge in [-0.3, -0.25) is 9.78 Å². The number of ether oxygens (including phenoxy) is 2. The molecule has 27 heavy (non-hydrogen) atoms. The zero-order valence-electron chi connectivity index (χ0n) is 14.9. The van der Waals surface area contributed by atoms with Gasteiger partial charge in [-0.05, 0) is 31.0 Å². The summed E-state index contributed by atoms with van der Waals surface area (Å²) in [6, 6.07) is 9.60. The van der Waals surface area contributed by atoms with E-state index in [1.807, 2.05) is 0 Å². The summed E-state index contributed by atoms with van der Waals surface area (Å²) in [7, 11) is -2.27. The Balaban J connectivity index is 1.78. The molecule has 1 saturated heterocycles. The van der Waals surface area contributed by atoms with Gasteiger partial charge in [0.1, 0.15) is 28.2 Å². The van der Waals surface area contributed by atoms with E-state index in [9.17, 15) is 13.2 Å². The molecule has 1 aliphatic rings. The molecule has 144 valence electrons. The Hall–Kier alpha value is -2.65. The fraction of sp³-hybridized carbons (Fsp3) is 0.333. The van der Waals surface area contributed by atoms with Crippen molar-refractivity contribution in [1.29, 1.82) is 0 Å². The van der Waals surface area contributed by atoms with Crippen LogP contribution in [0.25, 0.3) is 0 Å². The second-order valence-electron chi connectivity index (χ2n) is 6.14. The van der Waals surface area contributed by atoms with Crippen molar-refractivity contribution in [3.63, 3.8) is 0 Å². The zero-order chi connectivity index (χ0) is 19.4. The Labute approximate surface area is 158 Å². The molecule has 1 aromatic carbocycles. The second-order valence-corrected chi connectivity index (χ2v) is 8.04. The van der Waals surface area contributed by atoms with Gasteiger partial charge >= 0.3 is 0 Å². The van der Waals surface area contributed by atoms with Gasteiger partial charge in [0.15, 0.2) is 0 Å². The highest BCUT2D eigenvalue weighted by atomic mass is 32.2. The molecule has 2 N–H and O–H groups in total. The molecular weight excluding hydrogens is 370 g/mol. The number of hydrogen-bond donors (Lipinski definition) is 1. The van der Waals surface area contributed by atoms with Crippen LogP contribution in [-0.4, -0.2) is 49.9 Å². The summed E-state index contributed by atoms with van der Waals surface area (Å²) in [6.07, 6.45) is 2.45. The molecule has 0 radical (unpaired) electrons. The number of sulfonamides is 1. The molecule has 2 heterocycles. The lowest BCUT2D eigenvalue weighted by Gasteiger charge is -2.32. The highest BCUT2D eigenvalue weighted by molar-refractivity contribution is 7.89. The Morgan fingerprint density at radius 1 is 1.30 bits per heavy atom. The number of para-hydroxylation sites is 1.